The minimum atomic E-state index is -0.274. The standard InChI is InChI=1S/C18H13N3O2/c1-11-8-17(22)21-16-9-14(6-7-15(11)16)20-18(23)13-4-2-12(10-19)3-5-13/h2-9H,1H3,(H,20,23)(H,21,22). The Morgan fingerprint density at radius 1 is 1.13 bits per heavy atom. The molecule has 0 saturated carbocycles. The fourth-order valence-corrected chi connectivity index (χ4v) is 2.41. The lowest BCUT2D eigenvalue weighted by Gasteiger charge is -2.08. The highest BCUT2D eigenvalue weighted by molar-refractivity contribution is 6.05. The lowest BCUT2D eigenvalue weighted by Crippen LogP contribution is -2.12. The molecule has 0 unspecified atom stereocenters. The summed E-state index contributed by atoms with van der Waals surface area (Å²) in [5.41, 5.74) is 2.93. The zero-order valence-electron chi connectivity index (χ0n) is 12.4. The highest BCUT2D eigenvalue weighted by Gasteiger charge is 2.07. The number of H-pyrrole nitrogens is 1. The second-order valence-electron chi connectivity index (χ2n) is 5.22. The van der Waals surface area contributed by atoms with E-state index >= 15 is 0 Å². The van der Waals surface area contributed by atoms with Crippen LogP contribution in [-0.2, 0) is 0 Å². The van der Waals surface area contributed by atoms with Gasteiger partial charge in [0.15, 0.2) is 0 Å². The van der Waals surface area contributed by atoms with Crippen LogP contribution in [0.5, 0.6) is 0 Å². The molecule has 3 rings (SSSR count). The number of carbonyl (C=O) groups is 1. The zero-order valence-corrected chi connectivity index (χ0v) is 12.4. The van der Waals surface area contributed by atoms with E-state index in [4.69, 9.17) is 5.26 Å². The van der Waals surface area contributed by atoms with E-state index < -0.39 is 0 Å². The van der Waals surface area contributed by atoms with Gasteiger partial charge in [-0.3, -0.25) is 9.59 Å². The van der Waals surface area contributed by atoms with Crippen molar-refractivity contribution >= 4 is 22.5 Å². The lowest BCUT2D eigenvalue weighted by atomic mass is 10.1. The predicted octanol–water partition coefficient (Wildman–Crippen LogP) is 2.96. The highest BCUT2D eigenvalue weighted by Crippen LogP contribution is 2.19. The topological polar surface area (TPSA) is 85.8 Å². The van der Waals surface area contributed by atoms with Gasteiger partial charge in [-0.15, -0.1) is 0 Å². The Bertz CT molecular complexity index is 995. The van der Waals surface area contributed by atoms with Crippen molar-refractivity contribution in [2.24, 2.45) is 0 Å². The highest BCUT2D eigenvalue weighted by atomic mass is 16.1. The Hall–Kier alpha value is -3.39. The minimum Gasteiger partial charge on any atom is -0.322 e. The summed E-state index contributed by atoms with van der Waals surface area (Å²) in [5.74, 6) is -0.274. The molecular formula is C18H13N3O2. The van der Waals surface area contributed by atoms with Crippen LogP contribution in [0.15, 0.2) is 53.3 Å². The van der Waals surface area contributed by atoms with Crippen molar-refractivity contribution in [3.63, 3.8) is 0 Å². The first kappa shape index (κ1) is 14.5. The van der Waals surface area contributed by atoms with Crippen molar-refractivity contribution in [3.05, 3.63) is 75.6 Å². The molecule has 0 saturated heterocycles. The maximum absolute atomic E-state index is 12.2. The second-order valence-corrected chi connectivity index (χ2v) is 5.22. The van der Waals surface area contributed by atoms with E-state index in [2.05, 4.69) is 10.3 Å². The molecule has 23 heavy (non-hydrogen) atoms. The molecule has 2 aromatic carbocycles. The van der Waals surface area contributed by atoms with Crippen molar-refractivity contribution < 1.29 is 4.79 Å². The van der Waals surface area contributed by atoms with Gasteiger partial charge >= 0.3 is 0 Å². The fraction of sp³-hybridized carbons (Fsp3) is 0.0556. The molecule has 0 aliphatic heterocycles. The monoisotopic (exact) mass is 303 g/mol. The Morgan fingerprint density at radius 3 is 2.57 bits per heavy atom. The third-order valence-electron chi connectivity index (χ3n) is 3.58. The number of aromatic amines is 1. The molecule has 0 bridgehead atoms. The van der Waals surface area contributed by atoms with Gasteiger partial charge in [-0.25, -0.2) is 0 Å². The zero-order chi connectivity index (χ0) is 16.4. The van der Waals surface area contributed by atoms with Crippen LogP contribution >= 0.6 is 0 Å². The first-order valence-electron chi connectivity index (χ1n) is 7.02. The van der Waals surface area contributed by atoms with E-state index in [1.807, 2.05) is 19.1 Å². The third kappa shape index (κ3) is 2.97. The second kappa shape index (κ2) is 5.78. The van der Waals surface area contributed by atoms with Crippen LogP contribution in [-0.4, -0.2) is 10.9 Å². The number of amides is 1. The average Bonchev–Trinajstić information content (AvgIpc) is 2.54. The number of rotatable bonds is 2. The Morgan fingerprint density at radius 2 is 1.87 bits per heavy atom. The molecule has 0 aliphatic rings. The SMILES string of the molecule is Cc1cc(=O)[nH]c2cc(NC(=O)c3ccc(C#N)cc3)ccc12. The van der Waals surface area contributed by atoms with Crippen LogP contribution in [0.25, 0.3) is 10.9 Å². The van der Waals surface area contributed by atoms with Crippen LogP contribution < -0.4 is 10.9 Å². The van der Waals surface area contributed by atoms with E-state index in [-0.39, 0.29) is 11.5 Å². The first-order chi connectivity index (χ1) is 11.1. The summed E-state index contributed by atoms with van der Waals surface area (Å²) in [6.45, 7) is 1.87. The normalized spacial score (nSPS) is 10.3. The molecule has 0 fully saturated rings. The summed E-state index contributed by atoms with van der Waals surface area (Å²) in [5, 5.41) is 12.5. The number of nitrogens with one attached hydrogen (secondary N) is 2. The van der Waals surface area contributed by atoms with Crippen molar-refractivity contribution in [1.29, 1.82) is 5.26 Å². The number of carbonyl (C=O) groups excluding carboxylic acids is 1. The average molecular weight is 303 g/mol. The number of nitrogens with zero attached hydrogens (tertiary/aromatic N) is 1. The molecule has 5 heteroatoms. The van der Waals surface area contributed by atoms with Gasteiger partial charge in [0.2, 0.25) is 5.56 Å². The summed E-state index contributed by atoms with van der Waals surface area (Å²) in [6, 6.07) is 15.3. The van der Waals surface area contributed by atoms with Crippen molar-refractivity contribution in [2.45, 2.75) is 6.92 Å². The molecule has 1 aromatic heterocycles. The molecule has 0 atom stereocenters. The molecule has 0 spiro atoms. The summed E-state index contributed by atoms with van der Waals surface area (Å²) >= 11 is 0. The van der Waals surface area contributed by atoms with Crippen molar-refractivity contribution in [2.75, 3.05) is 5.32 Å². The Kier molecular flexibility index (Phi) is 3.65. The molecule has 5 nitrogen and oxygen atoms in total. The number of pyridine rings is 1. The molecular weight excluding hydrogens is 290 g/mol. The molecule has 3 aromatic rings. The number of aromatic nitrogens is 1. The summed E-state index contributed by atoms with van der Waals surface area (Å²) in [7, 11) is 0. The van der Waals surface area contributed by atoms with Crippen LogP contribution in [0.4, 0.5) is 5.69 Å². The quantitative estimate of drug-likeness (QED) is 0.763. The number of hydrogen-bond acceptors (Lipinski definition) is 3. The van der Waals surface area contributed by atoms with E-state index in [1.54, 1.807) is 36.4 Å². The summed E-state index contributed by atoms with van der Waals surface area (Å²) < 4.78 is 0. The molecule has 1 amide bonds. The van der Waals surface area contributed by atoms with E-state index in [1.165, 1.54) is 6.07 Å². The molecule has 0 aliphatic carbocycles. The van der Waals surface area contributed by atoms with Gasteiger partial charge in [0.25, 0.3) is 5.91 Å². The van der Waals surface area contributed by atoms with Gasteiger partial charge in [0.1, 0.15) is 0 Å². The number of aryl methyl sites for hydroxylation is 1. The molecule has 1 heterocycles. The van der Waals surface area contributed by atoms with Gasteiger partial charge in [-0.2, -0.15) is 5.26 Å². The fourth-order valence-electron chi connectivity index (χ4n) is 2.41. The number of nitriles is 1. The van der Waals surface area contributed by atoms with Crippen LogP contribution in [0.1, 0.15) is 21.5 Å². The molecule has 2 N–H and O–H groups in total. The Labute approximate surface area is 132 Å². The van der Waals surface area contributed by atoms with Crippen LogP contribution in [0, 0.1) is 18.3 Å². The largest absolute Gasteiger partial charge is 0.322 e. The number of anilines is 1. The van der Waals surface area contributed by atoms with Crippen LogP contribution in [0.3, 0.4) is 0 Å². The number of benzene rings is 2. The molecule has 0 radical (unpaired) electrons. The van der Waals surface area contributed by atoms with E-state index in [0.29, 0.717) is 22.3 Å². The maximum atomic E-state index is 12.2. The Balaban J connectivity index is 1.90. The van der Waals surface area contributed by atoms with Crippen molar-refractivity contribution in [1.82, 2.24) is 4.98 Å². The smallest absolute Gasteiger partial charge is 0.255 e. The predicted molar refractivity (Wildman–Crippen MR) is 88.4 cm³/mol. The lowest BCUT2D eigenvalue weighted by molar-refractivity contribution is 0.102. The number of hydrogen-bond donors (Lipinski definition) is 2. The molecule has 112 valence electrons. The van der Waals surface area contributed by atoms with E-state index in [0.717, 1.165) is 10.9 Å². The minimum absolute atomic E-state index is 0.175. The van der Waals surface area contributed by atoms with Gasteiger partial charge in [-0.1, -0.05) is 6.07 Å². The van der Waals surface area contributed by atoms with Crippen LogP contribution in [0.2, 0.25) is 0 Å². The summed E-state index contributed by atoms with van der Waals surface area (Å²) in [6.07, 6.45) is 0. The van der Waals surface area contributed by atoms with Gasteiger partial charge in [0, 0.05) is 22.7 Å². The summed E-state index contributed by atoms with van der Waals surface area (Å²) in [4.78, 5) is 26.5. The first-order valence-corrected chi connectivity index (χ1v) is 7.02. The maximum Gasteiger partial charge on any atom is 0.255 e. The van der Waals surface area contributed by atoms with E-state index in [9.17, 15) is 9.59 Å². The van der Waals surface area contributed by atoms with Gasteiger partial charge in [0.05, 0.1) is 17.1 Å². The third-order valence-corrected chi connectivity index (χ3v) is 3.58. The van der Waals surface area contributed by atoms with Crippen molar-refractivity contribution in [3.8, 4) is 6.07 Å². The van der Waals surface area contributed by atoms with Gasteiger partial charge < -0.3 is 10.3 Å². The van der Waals surface area contributed by atoms with Gasteiger partial charge in [-0.05, 0) is 48.9 Å². The number of fused-ring (bicyclic) bond motifs is 1.